The SMILES string of the molecule is CCCC(=O)Nc1nnc(-c2ccc(Cl)c(N)c2)s1. The van der Waals surface area contributed by atoms with Crippen LogP contribution in [-0.4, -0.2) is 16.1 Å². The number of nitrogens with one attached hydrogen (secondary N) is 1. The van der Waals surface area contributed by atoms with Crippen LogP contribution in [0.5, 0.6) is 0 Å². The van der Waals surface area contributed by atoms with E-state index in [1.807, 2.05) is 13.0 Å². The molecule has 1 aromatic carbocycles. The number of halogens is 1. The molecule has 5 nitrogen and oxygen atoms in total. The van der Waals surface area contributed by atoms with Crippen LogP contribution in [0.2, 0.25) is 5.02 Å². The van der Waals surface area contributed by atoms with Crippen molar-refractivity contribution in [1.82, 2.24) is 10.2 Å². The Bertz CT molecular complexity index is 599. The van der Waals surface area contributed by atoms with Crippen molar-refractivity contribution in [2.24, 2.45) is 0 Å². The number of rotatable bonds is 4. The first-order chi connectivity index (χ1) is 9.10. The summed E-state index contributed by atoms with van der Waals surface area (Å²) < 4.78 is 0. The molecule has 0 saturated heterocycles. The molecule has 2 rings (SSSR count). The van der Waals surface area contributed by atoms with Crippen LogP contribution < -0.4 is 11.1 Å². The minimum atomic E-state index is -0.0548. The molecule has 7 heteroatoms. The van der Waals surface area contributed by atoms with E-state index in [-0.39, 0.29) is 5.91 Å². The molecule has 0 saturated carbocycles. The maximum Gasteiger partial charge on any atom is 0.226 e. The summed E-state index contributed by atoms with van der Waals surface area (Å²) in [5.74, 6) is -0.0548. The maximum atomic E-state index is 11.4. The first kappa shape index (κ1) is 13.8. The third kappa shape index (κ3) is 3.42. The molecule has 19 heavy (non-hydrogen) atoms. The van der Waals surface area contributed by atoms with Crippen molar-refractivity contribution in [1.29, 1.82) is 0 Å². The van der Waals surface area contributed by atoms with Gasteiger partial charge in [0.25, 0.3) is 0 Å². The van der Waals surface area contributed by atoms with Crippen LogP contribution in [0.15, 0.2) is 18.2 Å². The van der Waals surface area contributed by atoms with Gasteiger partial charge in [-0.2, -0.15) is 0 Å². The molecule has 3 N–H and O–H groups in total. The molecule has 1 heterocycles. The summed E-state index contributed by atoms with van der Waals surface area (Å²) in [5.41, 5.74) is 7.06. The lowest BCUT2D eigenvalue weighted by Crippen LogP contribution is -2.10. The summed E-state index contributed by atoms with van der Waals surface area (Å²) in [6.07, 6.45) is 1.27. The Morgan fingerprint density at radius 1 is 1.47 bits per heavy atom. The zero-order valence-corrected chi connectivity index (χ0v) is 11.9. The Morgan fingerprint density at radius 3 is 2.95 bits per heavy atom. The van der Waals surface area contributed by atoms with Gasteiger partial charge in [-0.3, -0.25) is 4.79 Å². The molecule has 1 aromatic heterocycles. The fraction of sp³-hybridized carbons (Fsp3) is 0.250. The highest BCUT2D eigenvalue weighted by molar-refractivity contribution is 7.18. The van der Waals surface area contributed by atoms with E-state index < -0.39 is 0 Å². The van der Waals surface area contributed by atoms with Crippen molar-refractivity contribution in [3.63, 3.8) is 0 Å². The van der Waals surface area contributed by atoms with Crippen molar-refractivity contribution in [2.75, 3.05) is 11.1 Å². The van der Waals surface area contributed by atoms with Crippen LogP contribution in [0.1, 0.15) is 19.8 Å². The molecule has 0 aliphatic heterocycles. The standard InChI is InChI=1S/C12H13ClN4OS/c1-2-3-10(18)15-12-17-16-11(19-12)7-4-5-8(13)9(14)6-7/h4-6H,2-3,14H2,1H3,(H,15,17,18). The number of nitrogens with zero attached hydrogens (tertiary/aromatic N) is 2. The fourth-order valence-electron chi connectivity index (χ4n) is 1.48. The largest absolute Gasteiger partial charge is 0.398 e. The molecule has 0 bridgehead atoms. The average Bonchev–Trinajstić information content (AvgIpc) is 2.81. The first-order valence-electron chi connectivity index (χ1n) is 5.79. The predicted molar refractivity (Wildman–Crippen MR) is 78.3 cm³/mol. The predicted octanol–water partition coefficient (Wildman–Crippen LogP) is 3.18. The van der Waals surface area contributed by atoms with Gasteiger partial charge in [0.15, 0.2) is 0 Å². The van der Waals surface area contributed by atoms with Gasteiger partial charge in [0.1, 0.15) is 5.01 Å². The first-order valence-corrected chi connectivity index (χ1v) is 6.98. The van der Waals surface area contributed by atoms with Crippen LogP contribution in [0.25, 0.3) is 10.6 Å². The van der Waals surface area contributed by atoms with Gasteiger partial charge in [0, 0.05) is 12.0 Å². The number of carbonyl (C=O) groups is 1. The van der Waals surface area contributed by atoms with Gasteiger partial charge in [-0.25, -0.2) is 0 Å². The molecular formula is C12H13ClN4OS. The molecule has 0 fully saturated rings. The number of anilines is 2. The van der Waals surface area contributed by atoms with Gasteiger partial charge in [0.2, 0.25) is 11.0 Å². The Labute approximate surface area is 119 Å². The van der Waals surface area contributed by atoms with Crippen LogP contribution in [-0.2, 0) is 4.79 Å². The number of carbonyl (C=O) groups excluding carboxylic acids is 1. The fourth-order valence-corrected chi connectivity index (χ4v) is 2.35. The van der Waals surface area contributed by atoms with Crippen molar-refractivity contribution < 1.29 is 4.79 Å². The number of nitrogens with two attached hydrogens (primary N) is 1. The highest BCUT2D eigenvalue weighted by Crippen LogP contribution is 2.30. The molecular weight excluding hydrogens is 284 g/mol. The summed E-state index contributed by atoms with van der Waals surface area (Å²) in [6.45, 7) is 1.95. The minimum Gasteiger partial charge on any atom is -0.398 e. The quantitative estimate of drug-likeness (QED) is 0.849. The molecule has 0 radical (unpaired) electrons. The zero-order valence-electron chi connectivity index (χ0n) is 10.3. The monoisotopic (exact) mass is 296 g/mol. The van der Waals surface area contributed by atoms with Crippen molar-refractivity contribution >= 4 is 39.7 Å². The second kappa shape index (κ2) is 5.99. The summed E-state index contributed by atoms with van der Waals surface area (Å²) in [6, 6.07) is 5.26. The normalized spacial score (nSPS) is 10.4. The molecule has 100 valence electrons. The van der Waals surface area contributed by atoms with E-state index in [4.69, 9.17) is 17.3 Å². The van der Waals surface area contributed by atoms with Gasteiger partial charge >= 0.3 is 0 Å². The van der Waals surface area contributed by atoms with Crippen molar-refractivity contribution in [3.8, 4) is 10.6 Å². The second-order valence-corrected chi connectivity index (χ2v) is 5.33. The molecule has 2 aromatic rings. The summed E-state index contributed by atoms with van der Waals surface area (Å²) >= 11 is 7.16. The van der Waals surface area contributed by atoms with E-state index in [1.54, 1.807) is 12.1 Å². The number of benzene rings is 1. The smallest absolute Gasteiger partial charge is 0.226 e. The Balaban J connectivity index is 2.16. The average molecular weight is 297 g/mol. The lowest BCUT2D eigenvalue weighted by Gasteiger charge is -2.00. The van der Waals surface area contributed by atoms with Gasteiger partial charge in [-0.1, -0.05) is 35.9 Å². The Morgan fingerprint density at radius 2 is 2.26 bits per heavy atom. The van der Waals surface area contributed by atoms with E-state index in [1.165, 1.54) is 11.3 Å². The lowest BCUT2D eigenvalue weighted by molar-refractivity contribution is -0.116. The van der Waals surface area contributed by atoms with Gasteiger partial charge in [-0.15, -0.1) is 10.2 Å². The summed E-state index contributed by atoms with van der Waals surface area (Å²) in [7, 11) is 0. The number of hydrogen-bond acceptors (Lipinski definition) is 5. The van der Waals surface area contributed by atoms with Gasteiger partial charge in [-0.05, 0) is 18.6 Å². The van der Waals surface area contributed by atoms with Gasteiger partial charge in [0.05, 0.1) is 10.7 Å². The van der Waals surface area contributed by atoms with E-state index in [9.17, 15) is 4.79 Å². The third-order valence-electron chi connectivity index (χ3n) is 2.39. The van der Waals surface area contributed by atoms with Gasteiger partial charge < -0.3 is 11.1 Å². The number of hydrogen-bond donors (Lipinski definition) is 2. The summed E-state index contributed by atoms with van der Waals surface area (Å²) in [4.78, 5) is 11.4. The van der Waals surface area contributed by atoms with Crippen molar-refractivity contribution in [3.05, 3.63) is 23.2 Å². The van der Waals surface area contributed by atoms with Crippen LogP contribution in [0.4, 0.5) is 10.8 Å². The Kier molecular flexibility index (Phi) is 4.34. The molecule has 0 unspecified atom stereocenters. The topological polar surface area (TPSA) is 80.9 Å². The number of nitrogen functional groups attached to an aromatic ring is 1. The van der Waals surface area contributed by atoms with E-state index in [0.29, 0.717) is 27.3 Å². The molecule has 0 spiro atoms. The molecule has 0 aliphatic carbocycles. The second-order valence-electron chi connectivity index (χ2n) is 3.95. The highest BCUT2D eigenvalue weighted by atomic mass is 35.5. The third-order valence-corrected chi connectivity index (χ3v) is 3.62. The highest BCUT2D eigenvalue weighted by Gasteiger charge is 2.10. The van der Waals surface area contributed by atoms with Crippen LogP contribution >= 0.6 is 22.9 Å². The zero-order chi connectivity index (χ0) is 13.8. The van der Waals surface area contributed by atoms with E-state index in [0.717, 1.165) is 12.0 Å². The number of amides is 1. The Hall–Kier alpha value is -1.66. The van der Waals surface area contributed by atoms with Crippen LogP contribution in [0.3, 0.4) is 0 Å². The maximum absolute atomic E-state index is 11.4. The molecule has 0 aliphatic rings. The van der Waals surface area contributed by atoms with Crippen molar-refractivity contribution in [2.45, 2.75) is 19.8 Å². The van der Waals surface area contributed by atoms with E-state index in [2.05, 4.69) is 15.5 Å². The lowest BCUT2D eigenvalue weighted by atomic mass is 10.2. The summed E-state index contributed by atoms with van der Waals surface area (Å²) in [5, 5.41) is 12.3. The van der Waals surface area contributed by atoms with E-state index >= 15 is 0 Å². The molecule has 1 amide bonds. The number of aromatic nitrogens is 2. The molecule has 0 atom stereocenters. The van der Waals surface area contributed by atoms with Crippen LogP contribution in [0, 0.1) is 0 Å². The minimum absolute atomic E-state index is 0.0548.